The third kappa shape index (κ3) is 4.02. The Kier molecular flexibility index (Phi) is 5.72. The molecule has 2 amide bonds. The van der Waals surface area contributed by atoms with Gasteiger partial charge in [-0.15, -0.1) is 0 Å². The Morgan fingerprint density at radius 3 is 2.77 bits per heavy atom. The van der Waals surface area contributed by atoms with E-state index in [2.05, 4.69) is 38.5 Å². The van der Waals surface area contributed by atoms with E-state index in [-0.39, 0.29) is 11.9 Å². The van der Waals surface area contributed by atoms with E-state index in [9.17, 15) is 4.79 Å². The summed E-state index contributed by atoms with van der Waals surface area (Å²) in [7, 11) is 2.04. The number of hydrogen-bond donors (Lipinski definition) is 2. The molecule has 4 rings (SSSR count). The SMILES string of the molecule is Cc1c(Cl)cccc1NC(=O)NC[C@H](c1cccnc1)c1cn(C)c2ccccc12. The molecule has 0 unspecified atom stereocenters. The van der Waals surface area contributed by atoms with Gasteiger partial charge in [0, 0.05) is 59.7 Å². The third-order valence-electron chi connectivity index (χ3n) is 5.37. The lowest BCUT2D eigenvalue weighted by molar-refractivity contribution is 0.252. The molecule has 4 aromatic rings. The van der Waals surface area contributed by atoms with Gasteiger partial charge >= 0.3 is 6.03 Å². The second-order valence-electron chi connectivity index (χ2n) is 7.30. The summed E-state index contributed by atoms with van der Waals surface area (Å²) in [5, 5.41) is 7.71. The number of nitrogens with zero attached hydrogens (tertiary/aromatic N) is 2. The second-order valence-corrected chi connectivity index (χ2v) is 7.71. The van der Waals surface area contributed by atoms with E-state index in [0.29, 0.717) is 17.3 Å². The first kappa shape index (κ1) is 20.0. The number of anilines is 1. The number of nitrogens with one attached hydrogen (secondary N) is 2. The minimum Gasteiger partial charge on any atom is -0.350 e. The van der Waals surface area contributed by atoms with E-state index >= 15 is 0 Å². The van der Waals surface area contributed by atoms with Crippen LogP contribution in [0.5, 0.6) is 0 Å². The summed E-state index contributed by atoms with van der Waals surface area (Å²) in [4.78, 5) is 16.9. The Balaban J connectivity index is 1.60. The van der Waals surface area contributed by atoms with Crippen molar-refractivity contribution in [3.8, 4) is 0 Å². The van der Waals surface area contributed by atoms with Crippen molar-refractivity contribution in [3.63, 3.8) is 0 Å². The summed E-state index contributed by atoms with van der Waals surface area (Å²) >= 11 is 6.16. The summed E-state index contributed by atoms with van der Waals surface area (Å²) in [5.74, 6) is -0.0315. The van der Waals surface area contributed by atoms with Gasteiger partial charge in [-0.05, 0) is 47.9 Å². The van der Waals surface area contributed by atoms with Crippen LogP contribution in [-0.4, -0.2) is 22.1 Å². The van der Waals surface area contributed by atoms with E-state index < -0.39 is 0 Å². The van der Waals surface area contributed by atoms with Crippen LogP contribution in [0.25, 0.3) is 10.9 Å². The Bertz CT molecular complexity index is 1190. The monoisotopic (exact) mass is 418 g/mol. The Morgan fingerprint density at radius 1 is 1.13 bits per heavy atom. The highest BCUT2D eigenvalue weighted by atomic mass is 35.5. The lowest BCUT2D eigenvalue weighted by Gasteiger charge is -2.18. The Morgan fingerprint density at radius 2 is 1.97 bits per heavy atom. The molecule has 30 heavy (non-hydrogen) atoms. The number of carbonyl (C=O) groups is 1. The van der Waals surface area contributed by atoms with Crippen molar-refractivity contribution in [1.29, 1.82) is 0 Å². The van der Waals surface area contributed by atoms with Crippen molar-refractivity contribution < 1.29 is 4.79 Å². The minimum atomic E-state index is -0.269. The summed E-state index contributed by atoms with van der Waals surface area (Å²) in [6.45, 7) is 2.32. The van der Waals surface area contributed by atoms with Crippen molar-refractivity contribution in [2.24, 2.45) is 7.05 Å². The zero-order valence-corrected chi connectivity index (χ0v) is 17.6. The number of para-hydroxylation sites is 1. The summed E-state index contributed by atoms with van der Waals surface area (Å²) in [6.07, 6.45) is 5.74. The van der Waals surface area contributed by atoms with Gasteiger partial charge in [-0.1, -0.05) is 41.9 Å². The molecule has 0 aliphatic rings. The quantitative estimate of drug-likeness (QED) is 0.450. The highest BCUT2D eigenvalue weighted by molar-refractivity contribution is 6.31. The molecule has 0 aliphatic heterocycles. The Hall–Kier alpha value is -3.31. The van der Waals surface area contributed by atoms with Crippen LogP contribution in [0.4, 0.5) is 10.5 Å². The minimum absolute atomic E-state index is 0.0315. The van der Waals surface area contributed by atoms with Gasteiger partial charge in [0.05, 0.1) is 0 Å². The van der Waals surface area contributed by atoms with Gasteiger partial charge in [0.15, 0.2) is 0 Å². The van der Waals surface area contributed by atoms with Crippen LogP contribution in [0.1, 0.15) is 22.6 Å². The van der Waals surface area contributed by atoms with Crippen LogP contribution in [0, 0.1) is 6.92 Å². The number of rotatable bonds is 5. The molecule has 0 fully saturated rings. The highest BCUT2D eigenvalue weighted by Gasteiger charge is 2.20. The molecule has 0 radical (unpaired) electrons. The third-order valence-corrected chi connectivity index (χ3v) is 5.78. The maximum atomic E-state index is 12.6. The van der Waals surface area contributed by atoms with Crippen LogP contribution >= 0.6 is 11.6 Å². The average Bonchev–Trinajstić information content (AvgIpc) is 3.09. The summed E-state index contributed by atoms with van der Waals surface area (Å²) < 4.78 is 2.11. The lowest BCUT2D eigenvalue weighted by atomic mass is 9.92. The van der Waals surface area contributed by atoms with Crippen molar-refractivity contribution >= 4 is 34.2 Å². The zero-order chi connectivity index (χ0) is 21.1. The van der Waals surface area contributed by atoms with Crippen molar-refractivity contribution in [2.45, 2.75) is 12.8 Å². The number of aryl methyl sites for hydroxylation is 1. The van der Waals surface area contributed by atoms with Crippen LogP contribution in [0.2, 0.25) is 5.02 Å². The molecule has 2 aromatic carbocycles. The van der Waals surface area contributed by atoms with E-state index in [1.54, 1.807) is 12.3 Å². The largest absolute Gasteiger partial charge is 0.350 e. The van der Waals surface area contributed by atoms with Gasteiger partial charge in [0.2, 0.25) is 0 Å². The van der Waals surface area contributed by atoms with Gasteiger partial charge in [-0.3, -0.25) is 4.98 Å². The van der Waals surface area contributed by atoms with Crippen molar-refractivity contribution in [2.75, 3.05) is 11.9 Å². The molecule has 0 saturated heterocycles. The fourth-order valence-electron chi connectivity index (χ4n) is 3.74. The molecule has 0 aliphatic carbocycles. The normalized spacial score (nSPS) is 12.0. The first-order valence-electron chi connectivity index (χ1n) is 9.78. The lowest BCUT2D eigenvalue weighted by Crippen LogP contribution is -2.33. The molecule has 0 bridgehead atoms. The van der Waals surface area contributed by atoms with Crippen molar-refractivity contribution in [3.05, 3.63) is 94.9 Å². The molecule has 5 nitrogen and oxygen atoms in total. The number of halogens is 1. The van der Waals surface area contributed by atoms with Crippen LogP contribution in [0.3, 0.4) is 0 Å². The highest BCUT2D eigenvalue weighted by Crippen LogP contribution is 2.31. The number of fused-ring (bicyclic) bond motifs is 1. The number of pyridine rings is 1. The molecule has 0 spiro atoms. The molecule has 0 saturated carbocycles. The topological polar surface area (TPSA) is 59.0 Å². The van der Waals surface area contributed by atoms with Gasteiger partial charge < -0.3 is 15.2 Å². The fraction of sp³-hybridized carbons (Fsp3) is 0.167. The summed E-state index contributed by atoms with van der Waals surface area (Å²) in [6, 6.07) is 17.4. The fourth-order valence-corrected chi connectivity index (χ4v) is 3.92. The number of amides is 2. The smallest absolute Gasteiger partial charge is 0.319 e. The molecule has 152 valence electrons. The van der Waals surface area contributed by atoms with E-state index in [1.807, 2.05) is 56.6 Å². The number of carbonyl (C=O) groups excluding carboxylic acids is 1. The molecular formula is C24H23ClN4O. The number of urea groups is 1. The number of hydrogen-bond acceptors (Lipinski definition) is 2. The van der Waals surface area contributed by atoms with Gasteiger partial charge in [0.1, 0.15) is 0 Å². The van der Waals surface area contributed by atoms with Gasteiger partial charge in [-0.25, -0.2) is 4.79 Å². The van der Waals surface area contributed by atoms with Gasteiger partial charge in [-0.2, -0.15) is 0 Å². The van der Waals surface area contributed by atoms with E-state index in [0.717, 1.165) is 22.2 Å². The zero-order valence-electron chi connectivity index (χ0n) is 16.9. The first-order valence-corrected chi connectivity index (χ1v) is 10.2. The van der Waals surface area contributed by atoms with Crippen LogP contribution in [-0.2, 0) is 7.05 Å². The molecule has 2 N–H and O–H groups in total. The summed E-state index contributed by atoms with van der Waals surface area (Å²) in [5.41, 5.74) is 4.89. The van der Waals surface area contributed by atoms with E-state index in [4.69, 9.17) is 11.6 Å². The standard InChI is InChI=1S/C24H23ClN4O/c1-16-21(25)9-5-10-22(16)28-24(30)27-14-19(17-7-6-12-26-13-17)20-15-29(2)23-11-4-3-8-18(20)23/h3-13,15,19H,14H2,1-2H3,(H2,27,28,30)/t19-/m1/s1. The average molecular weight is 419 g/mol. The van der Waals surface area contributed by atoms with Crippen LogP contribution in [0.15, 0.2) is 73.2 Å². The molecule has 2 aromatic heterocycles. The molecule has 1 atom stereocenters. The first-order chi connectivity index (χ1) is 14.5. The molecular weight excluding hydrogens is 396 g/mol. The maximum Gasteiger partial charge on any atom is 0.319 e. The van der Waals surface area contributed by atoms with Gasteiger partial charge in [0.25, 0.3) is 0 Å². The van der Waals surface area contributed by atoms with Crippen molar-refractivity contribution in [1.82, 2.24) is 14.9 Å². The molecule has 6 heteroatoms. The second kappa shape index (κ2) is 8.59. The predicted octanol–water partition coefficient (Wildman–Crippen LogP) is 5.49. The van der Waals surface area contributed by atoms with E-state index in [1.165, 1.54) is 5.39 Å². The number of benzene rings is 2. The maximum absolute atomic E-state index is 12.6. The molecule has 2 heterocycles. The Labute approximate surface area is 180 Å². The predicted molar refractivity (Wildman–Crippen MR) is 122 cm³/mol. The van der Waals surface area contributed by atoms with Crippen LogP contribution < -0.4 is 10.6 Å². The number of aromatic nitrogens is 2.